The maximum absolute atomic E-state index is 12.1. The fourth-order valence-corrected chi connectivity index (χ4v) is 2.54. The number of benzene rings is 2. The molecule has 0 aromatic heterocycles. The topological polar surface area (TPSA) is 29.1 Å². The molecule has 3 rings (SSSR count). The van der Waals surface area contributed by atoms with Gasteiger partial charge in [0.15, 0.2) is 0 Å². The predicted octanol–water partition coefficient (Wildman–Crippen LogP) is 3.10. The third-order valence-electron chi connectivity index (χ3n) is 3.47. The molecule has 1 unspecified atom stereocenters. The summed E-state index contributed by atoms with van der Waals surface area (Å²) < 4.78 is 0. The summed E-state index contributed by atoms with van der Waals surface area (Å²) in [6.45, 7) is 0. The number of fused-ring (bicyclic) bond motifs is 1. The van der Waals surface area contributed by atoms with Gasteiger partial charge in [-0.3, -0.25) is 4.79 Å². The monoisotopic (exact) mass is 237 g/mol. The van der Waals surface area contributed by atoms with E-state index in [0.29, 0.717) is 0 Å². The highest BCUT2D eigenvalue weighted by Crippen LogP contribution is 2.30. The van der Waals surface area contributed by atoms with Crippen molar-refractivity contribution in [2.75, 3.05) is 0 Å². The van der Waals surface area contributed by atoms with Gasteiger partial charge in [0.1, 0.15) is 0 Å². The zero-order valence-corrected chi connectivity index (χ0v) is 10.1. The van der Waals surface area contributed by atoms with Crippen molar-refractivity contribution in [1.29, 1.82) is 0 Å². The molecule has 2 aromatic rings. The zero-order valence-electron chi connectivity index (χ0n) is 10.1. The molecule has 0 saturated heterocycles. The molecule has 0 heterocycles. The lowest BCUT2D eigenvalue weighted by molar-refractivity contribution is 0.0936. The second kappa shape index (κ2) is 4.65. The molecule has 1 aliphatic carbocycles. The Morgan fingerprint density at radius 1 is 1.00 bits per heavy atom. The van der Waals surface area contributed by atoms with Crippen LogP contribution in [0.5, 0.6) is 0 Å². The van der Waals surface area contributed by atoms with Crippen LogP contribution in [-0.4, -0.2) is 5.91 Å². The van der Waals surface area contributed by atoms with E-state index >= 15 is 0 Å². The first kappa shape index (κ1) is 11.0. The van der Waals surface area contributed by atoms with Gasteiger partial charge in [-0.05, 0) is 36.1 Å². The molecule has 1 N–H and O–H groups in total. The Hall–Kier alpha value is -2.09. The van der Waals surface area contributed by atoms with Gasteiger partial charge in [0.05, 0.1) is 6.04 Å². The van der Waals surface area contributed by atoms with Crippen molar-refractivity contribution < 1.29 is 4.79 Å². The standard InChI is InChI=1S/C16H15NO/c18-16(13-7-2-1-3-8-13)17-15-11-10-12-6-4-5-9-14(12)15/h1-9,15H,10-11H2,(H,17,18). The van der Waals surface area contributed by atoms with E-state index in [0.717, 1.165) is 18.4 Å². The minimum absolute atomic E-state index is 0.0114. The molecule has 0 spiro atoms. The second-order valence-electron chi connectivity index (χ2n) is 4.63. The first-order chi connectivity index (χ1) is 8.84. The highest BCUT2D eigenvalue weighted by Gasteiger charge is 2.23. The summed E-state index contributed by atoms with van der Waals surface area (Å²) in [6, 6.07) is 17.9. The average molecular weight is 237 g/mol. The highest BCUT2D eigenvalue weighted by atomic mass is 16.1. The molecule has 0 saturated carbocycles. The van der Waals surface area contributed by atoms with E-state index in [4.69, 9.17) is 0 Å². The van der Waals surface area contributed by atoms with Gasteiger partial charge in [-0.2, -0.15) is 0 Å². The van der Waals surface area contributed by atoms with Gasteiger partial charge in [-0.1, -0.05) is 42.5 Å². The van der Waals surface area contributed by atoms with Crippen LogP contribution in [0.2, 0.25) is 0 Å². The Labute approximate surface area is 107 Å². The van der Waals surface area contributed by atoms with Gasteiger partial charge >= 0.3 is 0 Å². The van der Waals surface area contributed by atoms with Crippen molar-refractivity contribution in [2.45, 2.75) is 18.9 Å². The fraction of sp³-hybridized carbons (Fsp3) is 0.188. The van der Waals surface area contributed by atoms with E-state index in [1.54, 1.807) is 0 Å². The van der Waals surface area contributed by atoms with Gasteiger partial charge in [0.2, 0.25) is 0 Å². The van der Waals surface area contributed by atoms with Crippen LogP contribution in [0, 0.1) is 0 Å². The molecule has 2 nitrogen and oxygen atoms in total. The molecule has 1 aliphatic rings. The van der Waals surface area contributed by atoms with E-state index in [2.05, 4.69) is 23.5 Å². The number of hydrogen-bond acceptors (Lipinski definition) is 1. The summed E-state index contributed by atoms with van der Waals surface area (Å²) in [4.78, 5) is 12.1. The number of amides is 1. The number of hydrogen-bond donors (Lipinski definition) is 1. The fourth-order valence-electron chi connectivity index (χ4n) is 2.54. The van der Waals surface area contributed by atoms with Gasteiger partial charge in [0, 0.05) is 5.56 Å². The van der Waals surface area contributed by atoms with E-state index in [-0.39, 0.29) is 11.9 Å². The number of aryl methyl sites for hydroxylation is 1. The molecule has 90 valence electrons. The minimum Gasteiger partial charge on any atom is -0.345 e. The third-order valence-corrected chi connectivity index (χ3v) is 3.47. The van der Waals surface area contributed by atoms with Gasteiger partial charge < -0.3 is 5.32 Å². The third kappa shape index (κ3) is 2.02. The smallest absolute Gasteiger partial charge is 0.251 e. The minimum atomic E-state index is 0.0114. The van der Waals surface area contributed by atoms with Gasteiger partial charge in [-0.25, -0.2) is 0 Å². The van der Waals surface area contributed by atoms with Crippen molar-refractivity contribution in [3.8, 4) is 0 Å². The summed E-state index contributed by atoms with van der Waals surface area (Å²) in [5.74, 6) is 0.0114. The SMILES string of the molecule is O=C(NC1CCc2ccccc21)c1ccccc1. The van der Waals surface area contributed by atoms with Gasteiger partial charge in [0.25, 0.3) is 5.91 Å². The lowest BCUT2D eigenvalue weighted by Gasteiger charge is -2.14. The van der Waals surface area contributed by atoms with Crippen LogP contribution in [0.25, 0.3) is 0 Å². The van der Waals surface area contributed by atoms with Crippen LogP contribution in [-0.2, 0) is 6.42 Å². The van der Waals surface area contributed by atoms with E-state index in [1.807, 2.05) is 36.4 Å². The first-order valence-electron chi connectivity index (χ1n) is 6.28. The Balaban J connectivity index is 1.77. The highest BCUT2D eigenvalue weighted by molar-refractivity contribution is 5.94. The van der Waals surface area contributed by atoms with Crippen molar-refractivity contribution in [1.82, 2.24) is 5.32 Å². The summed E-state index contributed by atoms with van der Waals surface area (Å²) in [5, 5.41) is 3.11. The van der Waals surface area contributed by atoms with Crippen molar-refractivity contribution in [3.63, 3.8) is 0 Å². The van der Waals surface area contributed by atoms with Gasteiger partial charge in [-0.15, -0.1) is 0 Å². The molecule has 0 bridgehead atoms. The Bertz CT molecular complexity index is 562. The normalized spacial score (nSPS) is 17.2. The zero-order chi connectivity index (χ0) is 12.4. The first-order valence-corrected chi connectivity index (χ1v) is 6.28. The Morgan fingerprint density at radius 2 is 1.72 bits per heavy atom. The Kier molecular flexibility index (Phi) is 2.85. The number of carbonyl (C=O) groups excluding carboxylic acids is 1. The molecule has 18 heavy (non-hydrogen) atoms. The predicted molar refractivity (Wildman–Crippen MR) is 71.4 cm³/mol. The van der Waals surface area contributed by atoms with E-state index in [9.17, 15) is 4.79 Å². The quantitative estimate of drug-likeness (QED) is 0.854. The molecule has 0 aliphatic heterocycles. The van der Waals surface area contributed by atoms with Crippen molar-refractivity contribution in [3.05, 3.63) is 71.3 Å². The maximum Gasteiger partial charge on any atom is 0.251 e. The molecular weight excluding hydrogens is 222 g/mol. The maximum atomic E-state index is 12.1. The lowest BCUT2D eigenvalue weighted by Crippen LogP contribution is -2.26. The number of rotatable bonds is 2. The van der Waals surface area contributed by atoms with Crippen LogP contribution < -0.4 is 5.32 Å². The van der Waals surface area contributed by atoms with Crippen molar-refractivity contribution >= 4 is 5.91 Å². The summed E-state index contributed by atoms with van der Waals surface area (Å²) in [6.07, 6.45) is 2.05. The van der Waals surface area contributed by atoms with Crippen LogP contribution in [0.4, 0.5) is 0 Å². The van der Waals surface area contributed by atoms with Crippen LogP contribution in [0.1, 0.15) is 33.9 Å². The van der Waals surface area contributed by atoms with Crippen LogP contribution >= 0.6 is 0 Å². The molecule has 0 radical (unpaired) electrons. The summed E-state index contributed by atoms with van der Waals surface area (Å²) in [5.41, 5.74) is 3.35. The van der Waals surface area contributed by atoms with Crippen molar-refractivity contribution in [2.24, 2.45) is 0 Å². The summed E-state index contributed by atoms with van der Waals surface area (Å²) >= 11 is 0. The van der Waals surface area contributed by atoms with E-state index < -0.39 is 0 Å². The largest absolute Gasteiger partial charge is 0.345 e. The summed E-state index contributed by atoms with van der Waals surface area (Å²) in [7, 11) is 0. The number of carbonyl (C=O) groups is 1. The Morgan fingerprint density at radius 3 is 2.56 bits per heavy atom. The van der Waals surface area contributed by atoms with Crippen LogP contribution in [0.15, 0.2) is 54.6 Å². The van der Waals surface area contributed by atoms with Crippen LogP contribution in [0.3, 0.4) is 0 Å². The average Bonchev–Trinajstić information content (AvgIpc) is 2.83. The molecule has 1 amide bonds. The molecule has 2 heteroatoms. The molecule has 2 aromatic carbocycles. The van der Waals surface area contributed by atoms with E-state index in [1.165, 1.54) is 11.1 Å². The molecular formula is C16H15NO. The lowest BCUT2D eigenvalue weighted by atomic mass is 10.1. The second-order valence-corrected chi connectivity index (χ2v) is 4.63. The molecule has 1 atom stereocenters. The number of nitrogens with one attached hydrogen (secondary N) is 1. The molecule has 0 fully saturated rings.